The summed E-state index contributed by atoms with van der Waals surface area (Å²) in [4.78, 5) is 0. The lowest BCUT2D eigenvalue weighted by Gasteiger charge is -2.24. The second-order valence-corrected chi connectivity index (χ2v) is 5.47. The van der Waals surface area contributed by atoms with Crippen molar-refractivity contribution in [2.24, 2.45) is 0 Å². The average molecular weight is 218 g/mol. The number of hydrogen-bond donors (Lipinski definition) is 1. The summed E-state index contributed by atoms with van der Waals surface area (Å²) in [5.74, 6) is 0. The fourth-order valence-electron chi connectivity index (χ4n) is 1.35. The molecule has 1 atom stereocenters. The summed E-state index contributed by atoms with van der Waals surface area (Å²) in [7, 11) is -2.16. The predicted octanol–water partition coefficient (Wildman–Crippen LogP) is 1.40. The highest BCUT2D eigenvalue weighted by Crippen LogP contribution is 2.26. The lowest BCUT2D eigenvalue weighted by molar-refractivity contribution is 0.509. The summed E-state index contributed by atoms with van der Waals surface area (Å²) >= 11 is 0. The monoisotopic (exact) mass is 218 g/mol. The zero-order valence-electron chi connectivity index (χ0n) is 9.00. The Morgan fingerprint density at radius 2 is 2.00 bits per heavy atom. The summed E-state index contributed by atoms with van der Waals surface area (Å²) in [5.41, 5.74) is 0. The molecule has 0 aromatic rings. The zero-order chi connectivity index (χ0) is 11.2. The van der Waals surface area contributed by atoms with E-state index in [-0.39, 0.29) is 0 Å². The van der Waals surface area contributed by atoms with E-state index < -0.39 is 14.8 Å². The minimum atomic E-state index is -3.51. The molecule has 0 heterocycles. The Balaban J connectivity index is 5.01. The van der Waals surface area contributed by atoms with Crippen LogP contribution in [-0.2, 0) is 10.0 Å². The van der Waals surface area contributed by atoms with Gasteiger partial charge in [-0.15, -0.1) is 0 Å². The average Bonchev–Trinajstić information content (AvgIpc) is 2.20. The first kappa shape index (κ1) is 13.4. The van der Waals surface area contributed by atoms with Crippen molar-refractivity contribution >= 4 is 10.0 Å². The molecule has 82 valence electrons. The van der Waals surface area contributed by atoms with E-state index in [1.165, 1.54) is 7.05 Å². The van der Waals surface area contributed by atoms with Crippen LogP contribution in [0.25, 0.3) is 0 Å². The molecule has 14 heavy (non-hydrogen) atoms. The van der Waals surface area contributed by atoms with Crippen LogP contribution >= 0.6 is 0 Å². The van der Waals surface area contributed by atoms with Gasteiger partial charge in [0.2, 0.25) is 10.0 Å². The highest BCUT2D eigenvalue weighted by Gasteiger charge is 2.41. The molecule has 0 bridgehead atoms. The Morgan fingerprint density at radius 3 is 2.29 bits per heavy atom. The van der Waals surface area contributed by atoms with Gasteiger partial charge in [-0.05, 0) is 19.9 Å². The Bertz CT molecular complexity index is 305. The molecule has 0 aliphatic carbocycles. The molecular weight excluding hydrogens is 200 g/mol. The second kappa shape index (κ2) is 5.32. The van der Waals surface area contributed by atoms with Gasteiger partial charge in [0.25, 0.3) is 0 Å². The van der Waals surface area contributed by atoms with E-state index >= 15 is 0 Å². The van der Waals surface area contributed by atoms with Crippen LogP contribution in [0.1, 0.15) is 39.5 Å². The molecule has 0 amide bonds. The van der Waals surface area contributed by atoms with Crippen molar-refractivity contribution in [1.29, 1.82) is 5.26 Å². The Morgan fingerprint density at radius 1 is 1.43 bits per heavy atom. The van der Waals surface area contributed by atoms with Gasteiger partial charge in [-0.2, -0.15) is 5.26 Å². The van der Waals surface area contributed by atoms with Crippen LogP contribution in [0.5, 0.6) is 0 Å². The number of unbranched alkanes of at least 4 members (excludes halogenated alkanes) is 1. The molecular formula is C9H18N2O2S. The third-order valence-electron chi connectivity index (χ3n) is 2.49. The molecule has 0 rings (SSSR count). The quantitative estimate of drug-likeness (QED) is 0.732. The zero-order valence-corrected chi connectivity index (χ0v) is 9.82. The van der Waals surface area contributed by atoms with Crippen LogP contribution in [0.15, 0.2) is 0 Å². The maximum atomic E-state index is 11.7. The van der Waals surface area contributed by atoms with Crippen LogP contribution in [-0.4, -0.2) is 20.2 Å². The lowest BCUT2D eigenvalue weighted by atomic mass is 10.0. The van der Waals surface area contributed by atoms with Gasteiger partial charge in [0, 0.05) is 0 Å². The van der Waals surface area contributed by atoms with Gasteiger partial charge in [0.15, 0.2) is 4.75 Å². The van der Waals surface area contributed by atoms with Crippen molar-refractivity contribution < 1.29 is 8.42 Å². The van der Waals surface area contributed by atoms with Gasteiger partial charge in [-0.25, -0.2) is 13.1 Å². The first-order valence-corrected chi connectivity index (χ1v) is 6.32. The highest BCUT2D eigenvalue weighted by molar-refractivity contribution is 7.91. The topological polar surface area (TPSA) is 70.0 Å². The number of nitrogens with one attached hydrogen (secondary N) is 1. The maximum absolute atomic E-state index is 11.7. The molecule has 0 spiro atoms. The molecule has 1 unspecified atom stereocenters. The Kier molecular flexibility index (Phi) is 5.09. The van der Waals surface area contributed by atoms with Crippen molar-refractivity contribution in [3.63, 3.8) is 0 Å². The van der Waals surface area contributed by atoms with E-state index in [1.807, 2.05) is 13.0 Å². The molecule has 0 aromatic carbocycles. The van der Waals surface area contributed by atoms with Crippen molar-refractivity contribution in [2.75, 3.05) is 7.05 Å². The summed E-state index contributed by atoms with van der Waals surface area (Å²) in [5, 5.41) is 9.00. The first-order valence-electron chi connectivity index (χ1n) is 4.84. The summed E-state index contributed by atoms with van der Waals surface area (Å²) in [6.45, 7) is 3.71. The van der Waals surface area contributed by atoms with Gasteiger partial charge in [-0.1, -0.05) is 26.7 Å². The smallest absolute Gasteiger partial charge is 0.217 e. The molecule has 0 aromatic heterocycles. The fourth-order valence-corrected chi connectivity index (χ4v) is 2.66. The van der Waals surface area contributed by atoms with E-state index in [1.54, 1.807) is 6.92 Å². The number of hydrogen-bond acceptors (Lipinski definition) is 3. The van der Waals surface area contributed by atoms with E-state index in [4.69, 9.17) is 5.26 Å². The van der Waals surface area contributed by atoms with Gasteiger partial charge >= 0.3 is 0 Å². The predicted molar refractivity (Wildman–Crippen MR) is 56.1 cm³/mol. The van der Waals surface area contributed by atoms with Gasteiger partial charge in [0.05, 0.1) is 6.07 Å². The maximum Gasteiger partial charge on any atom is 0.230 e. The normalized spacial score (nSPS) is 15.9. The van der Waals surface area contributed by atoms with Gasteiger partial charge in [-0.3, -0.25) is 0 Å². The number of rotatable bonds is 6. The summed E-state index contributed by atoms with van der Waals surface area (Å²) in [6, 6.07) is 1.94. The molecule has 1 N–H and O–H groups in total. The van der Waals surface area contributed by atoms with E-state index in [0.29, 0.717) is 12.8 Å². The van der Waals surface area contributed by atoms with Crippen LogP contribution in [0.3, 0.4) is 0 Å². The van der Waals surface area contributed by atoms with Crippen molar-refractivity contribution in [3.05, 3.63) is 0 Å². The largest absolute Gasteiger partial charge is 0.230 e. The molecule has 4 nitrogen and oxygen atoms in total. The van der Waals surface area contributed by atoms with Crippen molar-refractivity contribution in [1.82, 2.24) is 4.72 Å². The Labute approximate surface area is 86.4 Å². The SMILES string of the molecule is CCCCC(C#N)(CC)S(=O)(=O)NC. The second-order valence-electron chi connectivity index (χ2n) is 3.27. The number of sulfonamides is 1. The van der Waals surface area contributed by atoms with Crippen LogP contribution in [0.4, 0.5) is 0 Å². The molecule has 0 radical (unpaired) electrons. The first-order chi connectivity index (χ1) is 6.49. The lowest BCUT2D eigenvalue weighted by Crippen LogP contribution is -2.43. The van der Waals surface area contributed by atoms with E-state index in [2.05, 4.69) is 4.72 Å². The third-order valence-corrected chi connectivity index (χ3v) is 4.64. The van der Waals surface area contributed by atoms with Crippen molar-refractivity contribution in [3.8, 4) is 6.07 Å². The molecule has 5 heteroatoms. The standard InChI is InChI=1S/C9H18N2O2S/c1-4-6-7-9(5-2,8-10)14(12,13)11-3/h11H,4-7H2,1-3H3. The minimum Gasteiger partial charge on any atom is -0.217 e. The highest BCUT2D eigenvalue weighted by atomic mass is 32.2. The van der Waals surface area contributed by atoms with E-state index in [9.17, 15) is 8.42 Å². The van der Waals surface area contributed by atoms with Gasteiger partial charge < -0.3 is 0 Å². The molecule has 0 aliphatic rings. The van der Waals surface area contributed by atoms with Crippen LogP contribution in [0, 0.1) is 11.3 Å². The molecule has 0 fully saturated rings. The number of nitriles is 1. The van der Waals surface area contributed by atoms with Crippen LogP contribution < -0.4 is 4.72 Å². The van der Waals surface area contributed by atoms with Gasteiger partial charge in [0.1, 0.15) is 0 Å². The fraction of sp³-hybridized carbons (Fsp3) is 0.889. The minimum absolute atomic E-state index is 0.326. The molecule has 0 aliphatic heterocycles. The third kappa shape index (κ3) is 2.46. The Hall–Kier alpha value is -0.600. The summed E-state index contributed by atoms with van der Waals surface area (Å²) < 4.78 is 24.3. The van der Waals surface area contributed by atoms with E-state index in [0.717, 1.165) is 12.8 Å². The number of nitrogens with zero attached hydrogens (tertiary/aromatic N) is 1. The molecule has 0 saturated carbocycles. The summed E-state index contributed by atoms with van der Waals surface area (Å²) in [6.07, 6.45) is 2.37. The van der Waals surface area contributed by atoms with Crippen LogP contribution in [0.2, 0.25) is 0 Å². The van der Waals surface area contributed by atoms with Crippen molar-refractivity contribution in [2.45, 2.75) is 44.3 Å². The molecule has 0 saturated heterocycles.